The Labute approximate surface area is 92.1 Å². The smallest absolute Gasteiger partial charge is 0.126 e. The van der Waals surface area contributed by atoms with Gasteiger partial charge in [0.15, 0.2) is 0 Å². The monoisotopic (exact) mass is 207 g/mol. The van der Waals surface area contributed by atoms with Crippen molar-refractivity contribution in [3.05, 3.63) is 12.3 Å². The molecule has 1 aliphatic rings. The molecule has 0 unspecified atom stereocenters. The molecule has 0 aromatic carbocycles. The first-order chi connectivity index (χ1) is 7.18. The molecule has 1 aromatic rings. The van der Waals surface area contributed by atoms with Gasteiger partial charge in [-0.1, -0.05) is 13.8 Å². The molecule has 0 N–H and O–H groups in total. The minimum atomic E-state index is 0.832. The van der Waals surface area contributed by atoms with E-state index in [-0.39, 0.29) is 0 Å². The largest absolute Gasteiger partial charge is 0.357 e. The summed E-state index contributed by atoms with van der Waals surface area (Å²) in [7, 11) is 2.02. The van der Waals surface area contributed by atoms with Gasteiger partial charge >= 0.3 is 0 Å². The highest BCUT2D eigenvalue weighted by Crippen LogP contribution is 2.27. The first-order valence-electron chi connectivity index (χ1n) is 5.91. The minimum absolute atomic E-state index is 0.832. The van der Waals surface area contributed by atoms with E-state index in [1.54, 1.807) is 0 Å². The van der Waals surface area contributed by atoms with Crippen LogP contribution in [0, 0.1) is 11.8 Å². The van der Waals surface area contributed by atoms with Crippen molar-refractivity contribution >= 4 is 5.82 Å². The van der Waals surface area contributed by atoms with Crippen LogP contribution < -0.4 is 4.90 Å². The third-order valence-corrected chi connectivity index (χ3v) is 3.60. The number of anilines is 1. The number of hydrogen-bond acceptors (Lipinski definition) is 2. The average molecular weight is 207 g/mol. The van der Waals surface area contributed by atoms with Crippen molar-refractivity contribution in [1.29, 1.82) is 0 Å². The highest BCUT2D eigenvalue weighted by Gasteiger charge is 2.22. The lowest BCUT2D eigenvalue weighted by Crippen LogP contribution is -2.36. The molecule has 0 amide bonds. The maximum atomic E-state index is 4.22. The fourth-order valence-electron chi connectivity index (χ4n) is 2.47. The molecule has 0 spiro atoms. The predicted octanol–water partition coefficient (Wildman–Crippen LogP) is 2.29. The van der Waals surface area contributed by atoms with E-state index in [0.29, 0.717) is 0 Å². The predicted molar refractivity (Wildman–Crippen MR) is 63.0 cm³/mol. The Morgan fingerprint density at radius 3 is 2.47 bits per heavy atom. The summed E-state index contributed by atoms with van der Waals surface area (Å²) in [5.74, 6) is 3.00. The van der Waals surface area contributed by atoms with Crippen LogP contribution in [-0.4, -0.2) is 22.9 Å². The van der Waals surface area contributed by atoms with Crippen LogP contribution in [0.15, 0.2) is 12.3 Å². The average Bonchev–Trinajstić information content (AvgIpc) is 2.65. The van der Waals surface area contributed by atoms with Crippen LogP contribution in [0.3, 0.4) is 0 Å². The summed E-state index contributed by atoms with van der Waals surface area (Å²) in [5.41, 5.74) is 0. The van der Waals surface area contributed by atoms with Crippen LogP contribution in [0.2, 0.25) is 0 Å². The Balaban J connectivity index is 1.97. The minimum Gasteiger partial charge on any atom is -0.357 e. The van der Waals surface area contributed by atoms with Crippen molar-refractivity contribution in [2.75, 3.05) is 18.0 Å². The van der Waals surface area contributed by atoms with E-state index in [1.165, 1.54) is 31.7 Å². The van der Waals surface area contributed by atoms with E-state index in [2.05, 4.69) is 29.9 Å². The molecular weight excluding hydrogens is 186 g/mol. The maximum Gasteiger partial charge on any atom is 0.126 e. The zero-order valence-corrected chi connectivity index (χ0v) is 9.98. The fourth-order valence-corrected chi connectivity index (χ4v) is 2.47. The van der Waals surface area contributed by atoms with Crippen molar-refractivity contribution in [3.63, 3.8) is 0 Å². The zero-order chi connectivity index (χ0) is 10.8. The maximum absolute atomic E-state index is 4.22. The third kappa shape index (κ3) is 2.16. The molecule has 2 heterocycles. The summed E-state index contributed by atoms with van der Waals surface area (Å²) in [5, 5.41) is 4.22. The quantitative estimate of drug-likeness (QED) is 0.742. The van der Waals surface area contributed by atoms with E-state index >= 15 is 0 Å². The molecule has 0 radical (unpaired) electrons. The summed E-state index contributed by atoms with van der Waals surface area (Å²) in [6, 6.07) is 2.11. The number of piperidine rings is 1. The van der Waals surface area contributed by atoms with Crippen molar-refractivity contribution in [3.8, 4) is 0 Å². The molecule has 0 saturated carbocycles. The Kier molecular flexibility index (Phi) is 2.98. The highest BCUT2D eigenvalue weighted by atomic mass is 15.4. The van der Waals surface area contributed by atoms with E-state index in [1.807, 2.05) is 17.9 Å². The van der Waals surface area contributed by atoms with Gasteiger partial charge in [0.1, 0.15) is 5.82 Å². The number of nitrogens with zero attached hydrogens (tertiary/aromatic N) is 3. The molecule has 2 rings (SSSR count). The van der Waals surface area contributed by atoms with Crippen LogP contribution >= 0.6 is 0 Å². The van der Waals surface area contributed by atoms with Gasteiger partial charge in [-0.15, -0.1) is 0 Å². The molecular formula is C12H21N3. The van der Waals surface area contributed by atoms with E-state index < -0.39 is 0 Å². The van der Waals surface area contributed by atoms with Crippen molar-refractivity contribution < 1.29 is 0 Å². The van der Waals surface area contributed by atoms with Gasteiger partial charge in [-0.2, -0.15) is 5.10 Å². The second kappa shape index (κ2) is 4.25. The topological polar surface area (TPSA) is 21.1 Å². The van der Waals surface area contributed by atoms with Crippen LogP contribution in [0.4, 0.5) is 5.82 Å². The normalized spacial score (nSPS) is 18.8. The van der Waals surface area contributed by atoms with Crippen molar-refractivity contribution in [2.45, 2.75) is 26.7 Å². The van der Waals surface area contributed by atoms with Crippen molar-refractivity contribution in [1.82, 2.24) is 9.78 Å². The number of hydrogen-bond donors (Lipinski definition) is 0. The second-order valence-corrected chi connectivity index (χ2v) is 4.88. The zero-order valence-electron chi connectivity index (χ0n) is 9.98. The molecule has 1 saturated heterocycles. The summed E-state index contributed by atoms with van der Waals surface area (Å²) in [4.78, 5) is 2.45. The lowest BCUT2D eigenvalue weighted by atomic mass is 9.87. The first-order valence-corrected chi connectivity index (χ1v) is 5.91. The molecule has 15 heavy (non-hydrogen) atoms. The highest BCUT2D eigenvalue weighted by molar-refractivity contribution is 5.38. The Bertz CT molecular complexity index is 308. The SMILES string of the molecule is CC(C)C1CCN(c2ccnn2C)CC1. The molecule has 1 aromatic heterocycles. The van der Waals surface area contributed by atoms with Gasteiger partial charge < -0.3 is 4.90 Å². The fraction of sp³-hybridized carbons (Fsp3) is 0.750. The molecule has 3 heteroatoms. The first kappa shape index (κ1) is 10.5. The molecule has 0 atom stereocenters. The molecule has 3 nitrogen and oxygen atoms in total. The second-order valence-electron chi connectivity index (χ2n) is 4.88. The molecule has 1 aliphatic heterocycles. The van der Waals surface area contributed by atoms with E-state index in [9.17, 15) is 0 Å². The Hall–Kier alpha value is -0.990. The summed E-state index contributed by atoms with van der Waals surface area (Å²) in [6.45, 7) is 7.04. The van der Waals surface area contributed by atoms with Crippen LogP contribution in [-0.2, 0) is 7.05 Å². The molecule has 1 fully saturated rings. The summed E-state index contributed by atoms with van der Waals surface area (Å²) >= 11 is 0. The van der Waals surface area contributed by atoms with Crippen LogP contribution in [0.25, 0.3) is 0 Å². The van der Waals surface area contributed by atoms with Gasteiger partial charge in [0.05, 0.1) is 6.20 Å². The van der Waals surface area contributed by atoms with Gasteiger partial charge in [0.25, 0.3) is 0 Å². The van der Waals surface area contributed by atoms with E-state index in [0.717, 1.165) is 11.8 Å². The standard InChI is InChI=1S/C12H21N3/c1-10(2)11-5-8-15(9-6-11)12-4-7-13-14(12)3/h4,7,10-11H,5-6,8-9H2,1-3H3. The van der Waals surface area contributed by atoms with Crippen LogP contribution in [0.1, 0.15) is 26.7 Å². The number of aryl methyl sites for hydroxylation is 1. The lowest BCUT2D eigenvalue weighted by molar-refractivity contribution is 0.309. The number of aromatic nitrogens is 2. The van der Waals surface area contributed by atoms with E-state index in [4.69, 9.17) is 0 Å². The summed E-state index contributed by atoms with van der Waals surface area (Å²) < 4.78 is 1.97. The third-order valence-electron chi connectivity index (χ3n) is 3.60. The lowest BCUT2D eigenvalue weighted by Gasteiger charge is -2.34. The molecule has 0 bridgehead atoms. The van der Waals surface area contributed by atoms with Gasteiger partial charge in [-0.05, 0) is 24.7 Å². The molecule has 0 aliphatic carbocycles. The Morgan fingerprint density at radius 2 is 2.00 bits per heavy atom. The van der Waals surface area contributed by atoms with Gasteiger partial charge in [-0.3, -0.25) is 4.68 Å². The number of rotatable bonds is 2. The molecule has 84 valence electrons. The van der Waals surface area contributed by atoms with Crippen LogP contribution in [0.5, 0.6) is 0 Å². The summed E-state index contributed by atoms with van der Waals surface area (Å²) in [6.07, 6.45) is 4.52. The Morgan fingerprint density at radius 1 is 1.33 bits per heavy atom. The van der Waals surface area contributed by atoms with Gasteiger partial charge in [0, 0.05) is 26.2 Å². The van der Waals surface area contributed by atoms with Gasteiger partial charge in [-0.25, -0.2) is 0 Å². The van der Waals surface area contributed by atoms with Crippen molar-refractivity contribution in [2.24, 2.45) is 18.9 Å². The van der Waals surface area contributed by atoms with Gasteiger partial charge in [0.2, 0.25) is 0 Å².